The summed E-state index contributed by atoms with van der Waals surface area (Å²) in [5.74, 6) is 1.42. The Morgan fingerprint density at radius 3 is 2.71 bits per heavy atom. The third kappa shape index (κ3) is 3.34. The molecule has 0 atom stereocenters. The van der Waals surface area contributed by atoms with Crippen LogP contribution in [0.1, 0.15) is 0 Å². The molecular formula is C16H16N6OS. The highest BCUT2D eigenvalue weighted by molar-refractivity contribution is 7.09. The molecule has 3 aromatic rings. The molecule has 1 N–H and O–H groups in total. The van der Waals surface area contributed by atoms with E-state index >= 15 is 0 Å². The van der Waals surface area contributed by atoms with Crippen LogP contribution in [-0.4, -0.2) is 45.6 Å². The number of rotatable bonds is 4. The van der Waals surface area contributed by atoms with Crippen LogP contribution in [0.4, 0.5) is 16.6 Å². The van der Waals surface area contributed by atoms with Crippen LogP contribution < -0.4 is 10.2 Å². The van der Waals surface area contributed by atoms with Gasteiger partial charge in [-0.1, -0.05) is 18.2 Å². The molecule has 1 aliphatic rings. The number of para-hydroxylation sites is 1. The number of benzene rings is 1. The molecule has 0 spiro atoms. The van der Waals surface area contributed by atoms with Crippen LogP contribution in [0.15, 0.2) is 42.7 Å². The Bertz CT molecular complexity index is 803. The van der Waals surface area contributed by atoms with Gasteiger partial charge < -0.3 is 15.0 Å². The van der Waals surface area contributed by atoms with Crippen molar-refractivity contribution in [1.29, 1.82) is 0 Å². The summed E-state index contributed by atoms with van der Waals surface area (Å²) in [7, 11) is 0. The predicted octanol–water partition coefficient (Wildman–Crippen LogP) is 2.58. The minimum atomic E-state index is 0.584. The highest BCUT2D eigenvalue weighted by Gasteiger charge is 2.15. The number of hydrogen-bond acceptors (Lipinski definition) is 8. The molecule has 0 bridgehead atoms. The zero-order chi connectivity index (χ0) is 16.2. The molecule has 122 valence electrons. The molecule has 1 saturated heterocycles. The molecule has 0 saturated carbocycles. The van der Waals surface area contributed by atoms with E-state index in [4.69, 9.17) is 4.74 Å². The first-order chi connectivity index (χ1) is 11.9. The highest BCUT2D eigenvalue weighted by Crippen LogP contribution is 2.23. The second kappa shape index (κ2) is 6.90. The fourth-order valence-electron chi connectivity index (χ4n) is 2.43. The first kappa shape index (κ1) is 15.0. The molecule has 0 amide bonds. The molecule has 0 aliphatic carbocycles. The van der Waals surface area contributed by atoms with Crippen molar-refractivity contribution in [1.82, 2.24) is 19.3 Å². The third-order valence-corrected chi connectivity index (χ3v) is 4.27. The number of anilines is 3. The lowest BCUT2D eigenvalue weighted by atomic mass is 10.3. The lowest BCUT2D eigenvalue weighted by Crippen LogP contribution is -2.36. The lowest BCUT2D eigenvalue weighted by Gasteiger charge is -2.27. The average Bonchev–Trinajstić information content (AvgIpc) is 3.12. The van der Waals surface area contributed by atoms with Gasteiger partial charge in [0.1, 0.15) is 11.5 Å². The summed E-state index contributed by atoms with van der Waals surface area (Å²) in [6.45, 7) is 3.07. The molecule has 0 unspecified atom stereocenters. The minimum absolute atomic E-state index is 0.584. The van der Waals surface area contributed by atoms with Crippen LogP contribution >= 0.6 is 11.5 Å². The maximum absolute atomic E-state index is 5.37. The fraction of sp³-hybridized carbons (Fsp3) is 0.250. The van der Waals surface area contributed by atoms with Gasteiger partial charge in [0.2, 0.25) is 5.13 Å². The van der Waals surface area contributed by atoms with E-state index in [1.165, 1.54) is 11.5 Å². The van der Waals surface area contributed by atoms with E-state index in [1.807, 2.05) is 30.3 Å². The van der Waals surface area contributed by atoms with Crippen LogP contribution in [0.25, 0.3) is 11.5 Å². The summed E-state index contributed by atoms with van der Waals surface area (Å²) in [6, 6.07) is 9.90. The zero-order valence-corrected chi connectivity index (χ0v) is 13.7. The molecule has 2 aromatic heterocycles. The Morgan fingerprint density at radius 2 is 1.88 bits per heavy atom. The van der Waals surface area contributed by atoms with Crippen molar-refractivity contribution >= 4 is 28.2 Å². The van der Waals surface area contributed by atoms with Crippen molar-refractivity contribution in [2.45, 2.75) is 0 Å². The van der Waals surface area contributed by atoms with E-state index in [2.05, 4.69) is 29.5 Å². The second-order valence-corrected chi connectivity index (χ2v) is 6.03. The standard InChI is InChI=1S/C16H16N6OS/c1-2-4-12(5-3-1)18-16-20-15(21-24-16)13-10-17-11-14(19-13)22-6-8-23-9-7-22/h1-5,10-11H,6-9H2,(H,18,20,21). The van der Waals surface area contributed by atoms with Crippen molar-refractivity contribution in [2.75, 3.05) is 36.5 Å². The van der Waals surface area contributed by atoms with Gasteiger partial charge in [0.05, 0.1) is 25.6 Å². The van der Waals surface area contributed by atoms with Gasteiger partial charge in [0.15, 0.2) is 5.82 Å². The fourth-order valence-corrected chi connectivity index (χ4v) is 3.03. The highest BCUT2D eigenvalue weighted by atomic mass is 32.1. The monoisotopic (exact) mass is 340 g/mol. The maximum Gasteiger partial charge on any atom is 0.207 e. The van der Waals surface area contributed by atoms with Gasteiger partial charge in [-0.05, 0) is 12.1 Å². The number of ether oxygens (including phenoxy) is 1. The van der Waals surface area contributed by atoms with Gasteiger partial charge in [-0.15, -0.1) is 0 Å². The molecule has 7 nitrogen and oxygen atoms in total. The third-order valence-electron chi connectivity index (χ3n) is 3.64. The van der Waals surface area contributed by atoms with E-state index in [0.717, 1.165) is 29.7 Å². The topological polar surface area (TPSA) is 76.1 Å². The molecule has 1 fully saturated rings. The summed E-state index contributed by atoms with van der Waals surface area (Å²) in [5, 5.41) is 3.97. The molecule has 4 rings (SSSR count). The Kier molecular flexibility index (Phi) is 4.30. The van der Waals surface area contributed by atoms with Crippen molar-refractivity contribution in [3.05, 3.63) is 42.7 Å². The quantitative estimate of drug-likeness (QED) is 0.782. The molecule has 1 aliphatic heterocycles. The first-order valence-electron chi connectivity index (χ1n) is 7.69. The largest absolute Gasteiger partial charge is 0.378 e. The summed E-state index contributed by atoms with van der Waals surface area (Å²) in [4.78, 5) is 15.6. The van der Waals surface area contributed by atoms with Crippen molar-refractivity contribution in [3.8, 4) is 11.5 Å². The van der Waals surface area contributed by atoms with Crippen molar-refractivity contribution in [2.24, 2.45) is 0 Å². The SMILES string of the molecule is c1ccc(Nc2nc(-c3cncc(N4CCOCC4)n3)ns2)cc1. The minimum Gasteiger partial charge on any atom is -0.378 e. The predicted molar refractivity (Wildman–Crippen MR) is 93.7 cm³/mol. The van der Waals surface area contributed by atoms with Gasteiger partial charge in [-0.3, -0.25) is 4.98 Å². The van der Waals surface area contributed by atoms with Gasteiger partial charge in [0, 0.05) is 30.3 Å². The molecule has 3 heterocycles. The summed E-state index contributed by atoms with van der Waals surface area (Å²) in [5.41, 5.74) is 1.66. The Hall–Kier alpha value is -2.58. The smallest absolute Gasteiger partial charge is 0.207 e. The first-order valence-corrected chi connectivity index (χ1v) is 8.47. The zero-order valence-electron chi connectivity index (χ0n) is 12.9. The van der Waals surface area contributed by atoms with Crippen LogP contribution in [-0.2, 0) is 4.74 Å². The van der Waals surface area contributed by atoms with Crippen molar-refractivity contribution in [3.63, 3.8) is 0 Å². The van der Waals surface area contributed by atoms with Crippen LogP contribution in [0, 0.1) is 0 Å². The van der Waals surface area contributed by atoms with E-state index in [-0.39, 0.29) is 0 Å². The summed E-state index contributed by atoms with van der Waals surface area (Å²) in [6.07, 6.45) is 3.46. The molecule has 1 aromatic carbocycles. The number of morpholine rings is 1. The molecular weight excluding hydrogens is 324 g/mol. The Balaban J connectivity index is 1.53. The summed E-state index contributed by atoms with van der Waals surface area (Å²) < 4.78 is 9.77. The van der Waals surface area contributed by atoms with Crippen molar-refractivity contribution < 1.29 is 4.74 Å². The number of nitrogens with zero attached hydrogens (tertiary/aromatic N) is 5. The van der Waals surface area contributed by atoms with Gasteiger partial charge in [-0.25, -0.2) is 4.98 Å². The van der Waals surface area contributed by atoms with E-state index in [1.54, 1.807) is 12.4 Å². The number of aromatic nitrogens is 4. The van der Waals surface area contributed by atoms with Crippen LogP contribution in [0.2, 0.25) is 0 Å². The number of hydrogen-bond donors (Lipinski definition) is 1. The van der Waals surface area contributed by atoms with Gasteiger partial charge >= 0.3 is 0 Å². The van der Waals surface area contributed by atoms with Crippen LogP contribution in [0.5, 0.6) is 0 Å². The maximum atomic E-state index is 5.37. The Morgan fingerprint density at radius 1 is 1.04 bits per heavy atom. The molecule has 0 radical (unpaired) electrons. The Labute approximate surface area is 143 Å². The summed E-state index contributed by atoms with van der Waals surface area (Å²) >= 11 is 1.31. The molecule has 24 heavy (non-hydrogen) atoms. The van der Waals surface area contributed by atoms with E-state index in [0.29, 0.717) is 24.7 Å². The number of nitrogens with one attached hydrogen (secondary N) is 1. The molecule has 8 heteroatoms. The van der Waals surface area contributed by atoms with E-state index < -0.39 is 0 Å². The average molecular weight is 340 g/mol. The van der Waals surface area contributed by atoms with Gasteiger partial charge in [0.25, 0.3) is 0 Å². The van der Waals surface area contributed by atoms with E-state index in [9.17, 15) is 0 Å². The van der Waals surface area contributed by atoms with Crippen LogP contribution in [0.3, 0.4) is 0 Å². The lowest BCUT2D eigenvalue weighted by molar-refractivity contribution is 0.122. The van der Waals surface area contributed by atoms with Gasteiger partial charge in [-0.2, -0.15) is 9.36 Å². The second-order valence-electron chi connectivity index (χ2n) is 5.28. The normalized spacial score (nSPS) is 14.6.